The number of aryl methyl sites for hydroxylation is 3. The van der Waals surface area contributed by atoms with Crippen LogP contribution in [0.4, 0.5) is 0 Å². The second-order valence-electron chi connectivity index (χ2n) is 4.92. The molecule has 0 aliphatic carbocycles. The molecule has 0 saturated carbocycles. The molecule has 0 aromatic heterocycles. The van der Waals surface area contributed by atoms with E-state index in [-0.39, 0.29) is 12.5 Å². The van der Waals surface area contributed by atoms with Crippen molar-refractivity contribution in [1.29, 1.82) is 0 Å². The van der Waals surface area contributed by atoms with Gasteiger partial charge in [-0.1, -0.05) is 24.6 Å². The molecule has 3 heteroatoms. The molecule has 0 heterocycles. The largest absolute Gasteiger partial charge is 0.481 e. The van der Waals surface area contributed by atoms with Gasteiger partial charge < -0.3 is 10.4 Å². The number of hydrogen-bond acceptors (Lipinski definition) is 2. The molecule has 0 fully saturated rings. The van der Waals surface area contributed by atoms with Crippen LogP contribution in [-0.4, -0.2) is 17.6 Å². The minimum absolute atomic E-state index is 0.0944. The second kappa shape index (κ2) is 6.55. The third kappa shape index (κ3) is 3.84. The molecular weight excluding hydrogens is 226 g/mol. The highest BCUT2D eigenvalue weighted by molar-refractivity contribution is 5.68. The number of carboxylic acids is 1. The van der Waals surface area contributed by atoms with Crippen LogP contribution in [0.1, 0.15) is 48.1 Å². The minimum Gasteiger partial charge on any atom is -0.481 e. The first kappa shape index (κ1) is 14.7. The Balaban J connectivity index is 3.07. The molecule has 0 saturated heterocycles. The van der Waals surface area contributed by atoms with Crippen molar-refractivity contribution in [2.45, 2.75) is 46.6 Å². The maximum atomic E-state index is 11.0. The van der Waals surface area contributed by atoms with Crippen molar-refractivity contribution < 1.29 is 9.90 Å². The molecule has 0 amide bonds. The summed E-state index contributed by atoms with van der Waals surface area (Å²) in [6, 6.07) is 4.14. The van der Waals surface area contributed by atoms with Gasteiger partial charge in [-0.05, 0) is 50.4 Å². The lowest BCUT2D eigenvalue weighted by Crippen LogP contribution is -2.26. The van der Waals surface area contributed by atoms with E-state index in [2.05, 4.69) is 45.1 Å². The average Bonchev–Trinajstić information content (AvgIpc) is 2.23. The first-order valence-electron chi connectivity index (χ1n) is 6.48. The van der Waals surface area contributed by atoms with Gasteiger partial charge in [0.1, 0.15) is 0 Å². The molecule has 1 rings (SSSR count). The highest BCUT2D eigenvalue weighted by Crippen LogP contribution is 2.26. The minimum atomic E-state index is -0.761. The van der Waals surface area contributed by atoms with Gasteiger partial charge in [-0.15, -0.1) is 0 Å². The number of benzene rings is 1. The fraction of sp³-hybridized carbons (Fsp3) is 0.533. The molecule has 100 valence electrons. The van der Waals surface area contributed by atoms with Gasteiger partial charge in [-0.3, -0.25) is 4.79 Å². The van der Waals surface area contributed by atoms with Crippen molar-refractivity contribution in [3.8, 4) is 0 Å². The van der Waals surface area contributed by atoms with E-state index in [0.717, 1.165) is 18.5 Å². The van der Waals surface area contributed by atoms with Crippen molar-refractivity contribution >= 4 is 5.97 Å². The molecule has 0 bridgehead atoms. The Labute approximate surface area is 109 Å². The summed E-state index contributed by atoms with van der Waals surface area (Å²) in [4.78, 5) is 11.0. The van der Waals surface area contributed by atoms with E-state index in [4.69, 9.17) is 5.11 Å². The lowest BCUT2D eigenvalue weighted by Gasteiger charge is -2.22. The summed E-state index contributed by atoms with van der Waals surface area (Å²) in [5, 5.41) is 12.4. The van der Waals surface area contributed by atoms with Gasteiger partial charge in [0.05, 0.1) is 6.42 Å². The Hall–Kier alpha value is -1.35. The molecule has 0 aliphatic rings. The highest BCUT2D eigenvalue weighted by atomic mass is 16.4. The molecule has 0 radical (unpaired) electrons. The molecule has 0 spiro atoms. The first-order valence-corrected chi connectivity index (χ1v) is 6.48. The van der Waals surface area contributed by atoms with Crippen LogP contribution in [-0.2, 0) is 4.79 Å². The monoisotopic (exact) mass is 249 g/mol. The Morgan fingerprint density at radius 2 is 1.83 bits per heavy atom. The summed E-state index contributed by atoms with van der Waals surface area (Å²) in [6.07, 6.45) is 1.13. The lowest BCUT2D eigenvalue weighted by molar-refractivity contribution is -0.137. The first-order chi connectivity index (χ1) is 8.45. The summed E-state index contributed by atoms with van der Waals surface area (Å²) in [6.45, 7) is 9.09. The molecule has 1 aromatic carbocycles. The summed E-state index contributed by atoms with van der Waals surface area (Å²) in [7, 11) is 0. The predicted molar refractivity (Wildman–Crippen MR) is 73.9 cm³/mol. The Kier molecular flexibility index (Phi) is 5.35. The van der Waals surface area contributed by atoms with Crippen LogP contribution >= 0.6 is 0 Å². The topological polar surface area (TPSA) is 49.3 Å². The Morgan fingerprint density at radius 3 is 2.28 bits per heavy atom. The van der Waals surface area contributed by atoms with Gasteiger partial charge in [0.25, 0.3) is 0 Å². The third-order valence-corrected chi connectivity index (χ3v) is 3.11. The summed E-state index contributed by atoms with van der Waals surface area (Å²) in [5.41, 5.74) is 4.69. The zero-order valence-corrected chi connectivity index (χ0v) is 11.7. The van der Waals surface area contributed by atoms with Crippen LogP contribution in [0.5, 0.6) is 0 Å². The van der Waals surface area contributed by atoms with Crippen molar-refractivity contribution in [2.24, 2.45) is 0 Å². The van der Waals surface area contributed by atoms with Gasteiger partial charge in [0.2, 0.25) is 0 Å². The number of carbonyl (C=O) groups is 1. The highest BCUT2D eigenvalue weighted by Gasteiger charge is 2.18. The van der Waals surface area contributed by atoms with Crippen LogP contribution in [0, 0.1) is 20.8 Å². The smallest absolute Gasteiger partial charge is 0.305 e. The molecule has 1 aromatic rings. The van der Waals surface area contributed by atoms with E-state index < -0.39 is 5.97 Å². The van der Waals surface area contributed by atoms with E-state index in [1.165, 1.54) is 16.7 Å². The summed E-state index contributed by atoms with van der Waals surface area (Å²) in [5.74, 6) is -0.761. The number of carboxylic acid groups (broad SMARTS) is 1. The second-order valence-corrected chi connectivity index (χ2v) is 4.92. The van der Waals surface area contributed by atoms with Crippen LogP contribution in [0.2, 0.25) is 0 Å². The van der Waals surface area contributed by atoms with Gasteiger partial charge in [0.15, 0.2) is 0 Å². The molecular formula is C15H23NO2. The number of rotatable bonds is 6. The van der Waals surface area contributed by atoms with Crippen molar-refractivity contribution in [3.63, 3.8) is 0 Å². The number of nitrogens with one attached hydrogen (secondary N) is 1. The van der Waals surface area contributed by atoms with Crippen LogP contribution < -0.4 is 5.32 Å². The molecule has 1 atom stereocenters. The SMILES string of the molecule is CCCNC(CC(=O)O)c1c(C)cc(C)cc1C. The van der Waals surface area contributed by atoms with E-state index >= 15 is 0 Å². The standard InChI is InChI=1S/C15H23NO2/c1-5-6-16-13(9-14(17)18)15-11(3)7-10(2)8-12(15)4/h7-8,13,16H,5-6,9H2,1-4H3,(H,17,18). The average molecular weight is 249 g/mol. The maximum absolute atomic E-state index is 11.0. The van der Waals surface area contributed by atoms with E-state index in [0.29, 0.717) is 0 Å². The molecule has 3 nitrogen and oxygen atoms in total. The van der Waals surface area contributed by atoms with Crippen molar-refractivity contribution in [1.82, 2.24) is 5.32 Å². The molecule has 0 aliphatic heterocycles. The van der Waals surface area contributed by atoms with Crippen LogP contribution in [0.15, 0.2) is 12.1 Å². The fourth-order valence-electron chi connectivity index (χ4n) is 2.51. The van der Waals surface area contributed by atoms with E-state index in [1.807, 2.05) is 0 Å². The van der Waals surface area contributed by atoms with Gasteiger partial charge >= 0.3 is 5.97 Å². The molecule has 2 N–H and O–H groups in total. The number of hydrogen-bond donors (Lipinski definition) is 2. The van der Waals surface area contributed by atoms with E-state index in [1.54, 1.807) is 0 Å². The Bertz CT molecular complexity index is 403. The lowest BCUT2D eigenvalue weighted by atomic mass is 9.92. The van der Waals surface area contributed by atoms with Gasteiger partial charge in [0, 0.05) is 6.04 Å². The molecule has 18 heavy (non-hydrogen) atoms. The predicted octanol–water partition coefficient (Wildman–Crippen LogP) is 3.13. The van der Waals surface area contributed by atoms with Gasteiger partial charge in [-0.25, -0.2) is 0 Å². The zero-order valence-electron chi connectivity index (χ0n) is 11.7. The summed E-state index contributed by atoms with van der Waals surface area (Å²) >= 11 is 0. The quantitative estimate of drug-likeness (QED) is 0.814. The number of aliphatic carboxylic acids is 1. The zero-order chi connectivity index (χ0) is 13.7. The third-order valence-electron chi connectivity index (χ3n) is 3.11. The fourth-order valence-corrected chi connectivity index (χ4v) is 2.51. The Morgan fingerprint density at radius 1 is 1.28 bits per heavy atom. The van der Waals surface area contributed by atoms with Crippen LogP contribution in [0.25, 0.3) is 0 Å². The maximum Gasteiger partial charge on any atom is 0.305 e. The summed E-state index contributed by atoms with van der Waals surface area (Å²) < 4.78 is 0. The van der Waals surface area contributed by atoms with Gasteiger partial charge in [-0.2, -0.15) is 0 Å². The van der Waals surface area contributed by atoms with Crippen molar-refractivity contribution in [3.05, 3.63) is 34.4 Å². The van der Waals surface area contributed by atoms with Crippen LogP contribution in [0.3, 0.4) is 0 Å². The van der Waals surface area contributed by atoms with Crippen molar-refractivity contribution in [2.75, 3.05) is 6.54 Å². The van der Waals surface area contributed by atoms with E-state index in [9.17, 15) is 4.79 Å². The normalized spacial score (nSPS) is 12.4. The molecule has 1 unspecified atom stereocenters.